The van der Waals surface area contributed by atoms with Gasteiger partial charge in [0.15, 0.2) is 0 Å². The minimum Gasteiger partial charge on any atom is -0.481 e. The number of benzene rings is 1. The summed E-state index contributed by atoms with van der Waals surface area (Å²) in [6.45, 7) is 22.9. The summed E-state index contributed by atoms with van der Waals surface area (Å²) in [6.07, 6.45) is 11.2. The molecule has 60 heavy (non-hydrogen) atoms. The Kier molecular flexibility index (Phi) is 12.9. The zero-order valence-electron chi connectivity index (χ0n) is 37.8. The van der Waals surface area contributed by atoms with E-state index in [1.54, 1.807) is 13.8 Å². The lowest BCUT2D eigenvalue weighted by atomic mass is 9.32. The molecule has 5 fully saturated rings. The number of carboxylic acids is 2. The fourth-order valence-corrected chi connectivity index (χ4v) is 14.5. The predicted molar refractivity (Wildman–Crippen MR) is 232 cm³/mol. The summed E-state index contributed by atoms with van der Waals surface area (Å²) in [5.74, 6) is -0.506. The van der Waals surface area contributed by atoms with Gasteiger partial charge in [-0.1, -0.05) is 65.0 Å². The number of fused-ring (bicyclic) bond motifs is 7. The van der Waals surface area contributed by atoms with Gasteiger partial charge in [0.1, 0.15) is 6.10 Å². The standard InChI is InChI=1S/C50H74N2O8/c1-31(2)33-19-25-50(43(57)52-29-22-32-14-10-11-15-34(32)42(56)51-28-13-12-16-39(53)54)27-26-48(8)35(41(33)50)17-18-37-47(7)23-21-38(60-40(55)30-45(3,4)44(58)59)46(5,6)36(47)20-24-49(37,48)9/h10-11,14-15,33,35-38,41H,1,12-13,16-30H2,2-9H3,(H,51,56)(H,52,57)(H,53,54)(H,58,59)/t33-,35+,36-,37+,38-,41+,47-,48+,49+,50-/m0/s1. The first kappa shape index (κ1) is 45.8. The fraction of sp³-hybridized carbons (Fsp3) is 0.740. The Balaban J connectivity index is 1.16. The maximum atomic E-state index is 14.8. The Morgan fingerprint density at radius 2 is 1.53 bits per heavy atom. The van der Waals surface area contributed by atoms with Gasteiger partial charge in [0.2, 0.25) is 5.91 Å². The Labute approximate surface area is 358 Å². The SMILES string of the molecule is C=C(C)[C@@H]1CC[C@]2(C(=O)NCCc3ccccc3C(=O)NCCCCC(=O)O)CC[C@]3(C)[C@H](CC[C@@H]4[C@@]5(C)CC[C@H](OC(=O)CC(C)(C)C(=O)O)C(C)(C)[C@@H]5CC[C@]43C)[C@@H]12. The van der Waals surface area contributed by atoms with Crippen LogP contribution in [0.4, 0.5) is 0 Å². The summed E-state index contributed by atoms with van der Waals surface area (Å²) >= 11 is 0. The molecule has 0 unspecified atom stereocenters. The lowest BCUT2D eigenvalue weighted by molar-refractivity contribution is -0.249. The van der Waals surface area contributed by atoms with Gasteiger partial charge >= 0.3 is 17.9 Å². The number of aliphatic carboxylic acids is 2. The highest BCUT2D eigenvalue weighted by Crippen LogP contribution is 2.77. The van der Waals surface area contributed by atoms with E-state index in [1.165, 1.54) is 5.57 Å². The third-order valence-corrected chi connectivity index (χ3v) is 17.9. The summed E-state index contributed by atoms with van der Waals surface area (Å²) in [4.78, 5) is 63.7. The molecule has 5 saturated carbocycles. The number of nitrogens with one attached hydrogen (secondary N) is 2. The van der Waals surface area contributed by atoms with Crippen molar-refractivity contribution in [3.8, 4) is 0 Å². The van der Waals surface area contributed by atoms with E-state index >= 15 is 0 Å². The normalized spacial score (nSPS) is 35.4. The number of allylic oxidation sites excluding steroid dienone is 1. The molecule has 4 N–H and O–H groups in total. The van der Waals surface area contributed by atoms with Crippen LogP contribution in [0.3, 0.4) is 0 Å². The topological polar surface area (TPSA) is 159 Å². The molecule has 0 spiro atoms. The van der Waals surface area contributed by atoms with Crippen LogP contribution in [-0.4, -0.2) is 59.1 Å². The van der Waals surface area contributed by atoms with E-state index in [1.807, 2.05) is 24.3 Å². The van der Waals surface area contributed by atoms with Crippen LogP contribution < -0.4 is 10.6 Å². The molecule has 1 aromatic carbocycles. The van der Waals surface area contributed by atoms with Crippen LogP contribution in [0.15, 0.2) is 36.4 Å². The van der Waals surface area contributed by atoms with E-state index in [0.29, 0.717) is 61.6 Å². The van der Waals surface area contributed by atoms with Crippen LogP contribution >= 0.6 is 0 Å². The maximum absolute atomic E-state index is 14.8. The quantitative estimate of drug-likeness (QED) is 0.0773. The minimum atomic E-state index is -1.18. The molecule has 0 aliphatic heterocycles. The van der Waals surface area contributed by atoms with Crippen molar-refractivity contribution in [1.29, 1.82) is 0 Å². The average molecular weight is 831 g/mol. The number of ether oxygens (including phenoxy) is 1. The van der Waals surface area contributed by atoms with Crippen molar-refractivity contribution >= 4 is 29.7 Å². The van der Waals surface area contributed by atoms with Crippen molar-refractivity contribution in [1.82, 2.24) is 10.6 Å². The number of hydrogen-bond donors (Lipinski definition) is 4. The summed E-state index contributed by atoms with van der Waals surface area (Å²) in [7, 11) is 0. The zero-order valence-corrected chi connectivity index (χ0v) is 37.8. The first-order chi connectivity index (χ1) is 28.0. The van der Waals surface area contributed by atoms with Gasteiger partial charge in [-0.05, 0) is 162 Å². The lowest BCUT2D eigenvalue weighted by Gasteiger charge is -2.72. The highest BCUT2D eigenvalue weighted by atomic mass is 16.5. The molecule has 10 heteroatoms. The van der Waals surface area contributed by atoms with Crippen LogP contribution in [0.5, 0.6) is 0 Å². The van der Waals surface area contributed by atoms with Gasteiger partial charge in [-0.2, -0.15) is 0 Å². The molecule has 0 bridgehead atoms. The Morgan fingerprint density at radius 1 is 0.817 bits per heavy atom. The van der Waals surface area contributed by atoms with Crippen LogP contribution in [0.1, 0.15) is 161 Å². The number of carbonyl (C=O) groups is 5. The smallest absolute Gasteiger partial charge is 0.309 e. The van der Waals surface area contributed by atoms with Crippen molar-refractivity contribution in [3.05, 3.63) is 47.5 Å². The predicted octanol–water partition coefficient (Wildman–Crippen LogP) is 9.40. The molecular weight excluding hydrogens is 757 g/mol. The number of hydrogen-bond acceptors (Lipinski definition) is 6. The van der Waals surface area contributed by atoms with Gasteiger partial charge in [-0.15, -0.1) is 0 Å². The number of amides is 2. The number of carbonyl (C=O) groups excluding carboxylic acids is 3. The van der Waals surface area contributed by atoms with Crippen molar-refractivity contribution in [3.63, 3.8) is 0 Å². The zero-order chi connectivity index (χ0) is 44.1. The van der Waals surface area contributed by atoms with Gasteiger partial charge in [-0.3, -0.25) is 24.0 Å². The van der Waals surface area contributed by atoms with Crippen molar-refractivity contribution in [2.24, 2.45) is 62.1 Å². The Bertz CT molecular complexity index is 1850. The Hall–Kier alpha value is -3.69. The molecular formula is C50H74N2O8. The molecule has 10 nitrogen and oxygen atoms in total. The van der Waals surface area contributed by atoms with E-state index in [-0.39, 0.29) is 58.3 Å². The lowest BCUT2D eigenvalue weighted by Crippen LogP contribution is -2.67. The summed E-state index contributed by atoms with van der Waals surface area (Å²) in [5.41, 5.74) is 0.967. The van der Waals surface area contributed by atoms with Crippen LogP contribution in [0.2, 0.25) is 0 Å². The maximum Gasteiger partial charge on any atom is 0.309 e. The van der Waals surface area contributed by atoms with E-state index in [9.17, 15) is 29.1 Å². The van der Waals surface area contributed by atoms with E-state index < -0.39 is 28.7 Å². The molecule has 10 atom stereocenters. The molecule has 5 aliphatic carbocycles. The van der Waals surface area contributed by atoms with Crippen molar-refractivity contribution in [2.75, 3.05) is 13.1 Å². The summed E-state index contributed by atoms with van der Waals surface area (Å²) < 4.78 is 6.18. The van der Waals surface area contributed by atoms with Crippen LogP contribution in [-0.2, 0) is 30.3 Å². The van der Waals surface area contributed by atoms with Gasteiger partial charge in [0.25, 0.3) is 5.91 Å². The summed E-state index contributed by atoms with van der Waals surface area (Å²) in [6, 6.07) is 7.53. The average Bonchev–Trinajstić information content (AvgIpc) is 3.57. The molecule has 0 heterocycles. The number of rotatable bonds is 15. The van der Waals surface area contributed by atoms with Gasteiger partial charge < -0.3 is 25.6 Å². The monoisotopic (exact) mass is 831 g/mol. The summed E-state index contributed by atoms with van der Waals surface area (Å²) in [5, 5.41) is 24.9. The number of carboxylic acid groups (broad SMARTS) is 2. The largest absolute Gasteiger partial charge is 0.481 e. The highest BCUT2D eigenvalue weighted by molar-refractivity contribution is 5.95. The van der Waals surface area contributed by atoms with E-state index in [0.717, 1.165) is 69.8 Å². The van der Waals surface area contributed by atoms with Gasteiger partial charge in [-0.25, -0.2) is 0 Å². The molecule has 5 aliphatic rings. The Morgan fingerprint density at radius 3 is 2.22 bits per heavy atom. The van der Waals surface area contributed by atoms with Gasteiger partial charge in [0.05, 0.1) is 17.3 Å². The molecule has 0 aromatic heterocycles. The second-order valence-electron chi connectivity index (χ2n) is 21.8. The van der Waals surface area contributed by atoms with Gasteiger partial charge in [0, 0.05) is 30.5 Å². The van der Waals surface area contributed by atoms with E-state index in [4.69, 9.17) is 9.84 Å². The first-order valence-corrected chi connectivity index (χ1v) is 23.0. The van der Waals surface area contributed by atoms with Crippen LogP contribution in [0, 0.1) is 62.1 Å². The molecule has 0 saturated heterocycles. The highest BCUT2D eigenvalue weighted by Gasteiger charge is 2.72. The molecule has 6 rings (SSSR count). The molecule has 1 aromatic rings. The van der Waals surface area contributed by atoms with E-state index in [2.05, 4.69) is 58.8 Å². The van der Waals surface area contributed by atoms with Crippen molar-refractivity contribution < 1.29 is 38.9 Å². The van der Waals surface area contributed by atoms with Crippen molar-refractivity contribution in [2.45, 2.75) is 158 Å². The number of unbranched alkanes of at least 4 members (excludes halogenated alkanes) is 1. The molecule has 0 radical (unpaired) electrons. The molecule has 2 amide bonds. The third kappa shape index (κ3) is 7.95. The second kappa shape index (κ2) is 16.9. The van der Waals surface area contributed by atoms with Crippen LogP contribution in [0.25, 0.3) is 0 Å². The molecule has 332 valence electrons. The fourth-order valence-electron chi connectivity index (χ4n) is 14.5. The second-order valence-corrected chi connectivity index (χ2v) is 21.8. The number of esters is 1. The minimum absolute atomic E-state index is 0.0478. The first-order valence-electron chi connectivity index (χ1n) is 23.0. The third-order valence-electron chi connectivity index (χ3n) is 17.9.